The second kappa shape index (κ2) is 9.37. The summed E-state index contributed by atoms with van der Waals surface area (Å²) in [5.74, 6) is 3.06. The lowest BCUT2D eigenvalue weighted by Gasteiger charge is -2.25. The van der Waals surface area contributed by atoms with Gasteiger partial charge in [-0.05, 0) is 24.3 Å². The molecule has 7 nitrogen and oxygen atoms in total. The Kier molecular flexibility index (Phi) is 7.19. The van der Waals surface area contributed by atoms with Gasteiger partial charge in [0.25, 0.3) is 0 Å². The van der Waals surface area contributed by atoms with Crippen LogP contribution < -0.4 is 30.0 Å². The maximum Gasteiger partial charge on any atom is 0.193 e. The first-order valence-electron chi connectivity index (χ1n) is 7.87. The third-order valence-corrected chi connectivity index (χ3v) is 3.70. The predicted molar refractivity (Wildman–Crippen MR) is 111 cm³/mol. The lowest BCUT2D eigenvalue weighted by molar-refractivity contribution is 0.0972. The topological polar surface area (TPSA) is 87.3 Å². The number of anilines is 1. The lowest BCUT2D eigenvalue weighted by Crippen LogP contribution is -2.33. The van der Waals surface area contributed by atoms with E-state index in [0.29, 0.717) is 30.3 Å². The molecule has 0 spiro atoms. The summed E-state index contributed by atoms with van der Waals surface area (Å²) >= 11 is 0. The predicted octanol–water partition coefficient (Wildman–Crippen LogP) is 2.89. The van der Waals surface area contributed by atoms with Crippen molar-refractivity contribution in [2.24, 2.45) is 10.7 Å². The fraction of sp³-hybridized carbons (Fsp3) is 0.278. The van der Waals surface area contributed by atoms with Crippen molar-refractivity contribution in [1.82, 2.24) is 0 Å². The summed E-state index contributed by atoms with van der Waals surface area (Å²) in [6.45, 7) is 0.801. The number of benzene rings is 2. The molecule has 0 saturated carbocycles. The van der Waals surface area contributed by atoms with Crippen LogP contribution in [-0.4, -0.2) is 39.4 Å². The Morgan fingerprint density at radius 1 is 1.19 bits per heavy atom. The van der Waals surface area contributed by atoms with E-state index in [9.17, 15) is 0 Å². The highest BCUT2D eigenvalue weighted by Crippen LogP contribution is 2.31. The summed E-state index contributed by atoms with van der Waals surface area (Å²) in [6, 6.07) is 12.9. The molecule has 0 radical (unpaired) electrons. The van der Waals surface area contributed by atoms with Gasteiger partial charge >= 0.3 is 0 Å². The summed E-state index contributed by atoms with van der Waals surface area (Å²) in [5.41, 5.74) is 6.65. The van der Waals surface area contributed by atoms with Crippen LogP contribution in [0, 0.1) is 0 Å². The second-order valence-electron chi connectivity index (χ2n) is 5.41. The van der Waals surface area contributed by atoms with E-state index in [1.807, 2.05) is 30.3 Å². The molecule has 140 valence electrons. The zero-order chi connectivity index (χ0) is 17.6. The highest BCUT2D eigenvalue weighted by Gasteiger charge is 2.20. The standard InChI is InChI=1S/C18H21N3O4.HI/c1-22-12-7-8-15(23-2)14(9-12)21-18(19)20-10-13-11-24-16-5-3-4-6-17(16)25-13;/h3-9,13H,10-11H2,1-2H3,(H3,19,20,21);1H. The van der Waals surface area contributed by atoms with Crippen LogP contribution in [-0.2, 0) is 0 Å². The van der Waals surface area contributed by atoms with Gasteiger partial charge in [-0.15, -0.1) is 24.0 Å². The smallest absolute Gasteiger partial charge is 0.193 e. The minimum absolute atomic E-state index is 0. The molecular weight excluding hydrogens is 449 g/mol. The van der Waals surface area contributed by atoms with E-state index in [1.165, 1.54) is 0 Å². The van der Waals surface area contributed by atoms with Gasteiger partial charge in [-0.1, -0.05) is 12.1 Å². The molecule has 1 heterocycles. The van der Waals surface area contributed by atoms with Gasteiger partial charge in [0.2, 0.25) is 0 Å². The highest BCUT2D eigenvalue weighted by molar-refractivity contribution is 14.0. The van der Waals surface area contributed by atoms with E-state index in [1.54, 1.807) is 26.4 Å². The molecule has 2 aromatic carbocycles. The molecule has 1 unspecified atom stereocenters. The first-order valence-corrected chi connectivity index (χ1v) is 7.87. The molecule has 26 heavy (non-hydrogen) atoms. The number of hydrogen-bond acceptors (Lipinski definition) is 5. The molecule has 3 rings (SSSR count). The summed E-state index contributed by atoms with van der Waals surface area (Å²) in [6.07, 6.45) is -0.192. The summed E-state index contributed by atoms with van der Waals surface area (Å²) < 4.78 is 22.0. The van der Waals surface area contributed by atoms with Gasteiger partial charge in [-0.2, -0.15) is 0 Å². The number of hydrogen-bond donors (Lipinski definition) is 2. The Morgan fingerprint density at radius 2 is 1.96 bits per heavy atom. The molecule has 0 fully saturated rings. The third kappa shape index (κ3) is 4.84. The first-order chi connectivity index (χ1) is 12.2. The number of para-hydroxylation sites is 2. The number of aliphatic imine (C=N–C) groups is 1. The van der Waals surface area contributed by atoms with Crippen LogP contribution in [0.1, 0.15) is 0 Å². The van der Waals surface area contributed by atoms with Gasteiger partial charge in [0.15, 0.2) is 23.6 Å². The largest absolute Gasteiger partial charge is 0.497 e. The van der Waals surface area contributed by atoms with Crippen molar-refractivity contribution in [3.63, 3.8) is 0 Å². The van der Waals surface area contributed by atoms with Crippen molar-refractivity contribution in [3.05, 3.63) is 42.5 Å². The molecule has 0 aromatic heterocycles. The fourth-order valence-electron chi connectivity index (χ4n) is 2.44. The number of guanidine groups is 1. The fourth-order valence-corrected chi connectivity index (χ4v) is 2.44. The first kappa shape index (κ1) is 20.0. The van der Waals surface area contributed by atoms with Gasteiger partial charge in [0.1, 0.15) is 18.1 Å². The van der Waals surface area contributed by atoms with Crippen LogP contribution in [0.2, 0.25) is 0 Å². The van der Waals surface area contributed by atoms with Crippen LogP contribution in [0.5, 0.6) is 23.0 Å². The molecule has 0 amide bonds. The average Bonchev–Trinajstić information content (AvgIpc) is 2.66. The molecule has 3 N–H and O–H groups in total. The van der Waals surface area contributed by atoms with Gasteiger partial charge in [0.05, 0.1) is 26.5 Å². The van der Waals surface area contributed by atoms with Gasteiger partial charge in [-0.25, -0.2) is 4.99 Å². The molecule has 2 aromatic rings. The maximum atomic E-state index is 5.98. The van der Waals surface area contributed by atoms with E-state index >= 15 is 0 Å². The van der Waals surface area contributed by atoms with E-state index in [-0.39, 0.29) is 36.0 Å². The Hall–Kier alpha value is -2.36. The zero-order valence-electron chi connectivity index (χ0n) is 14.6. The number of halogens is 1. The number of fused-ring (bicyclic) bond motifs is 1. The molecule has 0 aliphatic carbocycles. The number of ether oxygens (including phenoxy) is 4. The number of nitrogens with one attached hydrogen (secondary N) is 1. The average molecular weight is 471 g/mol. The minimum atomic E-state index is -0.192. The molecule has 0 saturated heterocycles. The minimum Gasteiger partial charge on any atom is -0.497 e. The van der Waals surface area contributed by atoms with E-state index < -0.39 is 0 Å². The molecule has 0 bridgehead atoms. The van der Waals surface area contributed by atoms with Gasteiger partial charge in [0, 0.05) is 6.07 Å². The van der Waals surface area contributed by atoms with Crippen LogP contribution in [0.25, 0.3) is 0 Å². The molecule has 8 heteroatoms. The van der Waals surface area contributed by atoms with Crippen LogP contribution in [0.4, 0.5) is 5.69 Å². The summed E-state index contributed by atoms with van der Waals surface area (Å²) in [7, 11) is 3.19. The SMILES string of the molecule is COc1ccc(OC)c(NC(N)=NCC2COc3ccccc3O2)c1.I. The van der Waals surface area contributed by atoms with Crippen molar-refractivity contribution in [2.75, 3.05) is 32.7 Å². The van der Waals surface area contributed by atoms with Gasteiger partial charge in [-0.3, -0.25) is 0 Å². The van der Waals surface area contributed by atoms with E-state index in [0.717, 1.165) is 11.5 Å². The second-order valence-corrected chi connectivity index (χ2v) is 5.41. The number of methoxy groups -OCH3 is 2. The summed E-state index contributed by atoms with van der Waals surface area (Å²) in [4.78, 5) is 4.33. The van der Waals surface area contributed by atoms with Crippen molar-refractivity contribution >= 4 is 35.6 Å². The Bertz CT molecular complexity index is 770. The number of rotatable bonds is 5. The van der Waals surface area contributed by atoms with Crippen LogP contribution in [0.15, 0.2) is 47.5 Å². The molecular formula is C18H22IN3O4. The van der Waals surface area contributed by atoms with Crippen molar-refractivity contribution < 1.29 is 18.9 Å². The Morgan fingerprint density at radius 3 is 2.69 bits per heavy atom. The van der Waals surface area contributed by atoms with Crippen molar-refractivity contribution in [1.29, 1.82) is 0 Å². The monoisotopic (exact) mass is 471 g/mol. The lowest BCUT2D eigenvalue weighted by atomic mass is 10.2. The van der Waals surface area contributed by atoms with Crippen LogP contribution in [0.3, 0.4) is 0 Å². The number of nitrogens with zero attached hydrogens (tertiary/aromatic N) is 1. The van der Waals surface area contributed by atoms with Crippen molar-refractivity contribution in [3.8, 4) is 23.0 Å². The van der Waals surface area contributed by atoms with Crippen LogP contribution >= 0.6 is 24.0 Å². The molecule has 1 aliphatic rings. The Labute approximate surface area is 169 Å². The maximum absolute atomic E-state index is 5.98. The van der Waals surface area contributed by atoms with Crippen molar-refractivity contribution in [2.45, 2.75) is 6.10 Å². The quantitative estimate of drug-likeness (QED) is 0.396. The Balaban J connectivity index is 0.00000243. The zero-order valence-corrected chi connectivity index (χ0v) is 16.9. The van der Waals surface area contributed by atoms with Gasteiger partial charge < -0.3 is 30.0 Å². The number of nitrogens with two attached hydrogens (primary N) is 1. The van der Waals surface area contributed by atoms with E-state index in [4.69, 9.17) is 24.7 Å². The summed E-state index contributed by atoms with van der Waals surface area (Å²) in [5, 5.41) is 3.02. The third-order valence-electron chi connectivity index (χ3n) is 3.70. The normalized spacial score (nSPS) is 15.6. The highest BCUT2D eigenvalue weighted by atomic mass is 127. The molecule has 1 atom stereocenters. The van der Waals surface area contributed by atoms with E-state index in [2.05, 4.69) is 10.3 Å². The molecule has 1 aliphatic heterocycles.